The zero-order valence-electron chi connectivity index (χ0n) is 14.8. The Labute approximate surface area is 159 Å². The normalized spacial score (nSPS) is 14.3. The molecule has 6 heteroatoms. The minimum Gasteiger partial charge on any atom is -0.462 e. The van der Waals surface area contributed by atoms with Gasteiger partial charge in [-0.15, -0.1) is 11.3 Å². The molecule has 1 aliphatic rings. The number of Topliss-reactive ketones (excluding diaryl/α,β-unsaturated/α-hetero) is 1. The lowest BCUT2D eigenvalue weighted by Gasteiger charge is -2.07. The predicted octanol–water partition coefficient (Wildman–Crippen LogP) is 4.72. The number of hydrogen-bond acceptors (Lipinski definition) is 6. The van der Waals surface area contributed by atoms with Gasteiger partial charge in [0.2, 0.25) is 5.78 Å². The first-order valence-corrected chi connectivity index (χ1v) is 9.26. The summed E-state index contributed by atoms with van der Waals surface area (Å²) in [6.45, 7) is 3.62. The van der Waals surface area contributed by atoms with Gasteiger partial charge in [-0.05, 0) is 49.1 Å². The first kappa shape index (κ1) is 17.3. The van der Waals surface area contributed by atoms with Crippen LogP contribution in [0.1, 0.15) is 32.3 Å². The summed E-state index contributed by atoms with van der Waals surface area (Å²) in [5, 5.41) is 1.91. The summed E-state index contributed by atoms with van der Waals surface area (Å²) in [6.07, 6.45) is 1.77. The largest absolute Gasteiger partial charge is 0.462 e. The molecule has 0 unspecified atom stereocenters. The van der Waals surface area contributed by atoms with E-state index < -0.39 is 0 Å². The van der Waals surface area contributed by atoms with Gasteiger partial charge in [-0.25, -0.2) is 0 Å². The molecule has 1 aliphatic heterocycles. The molecule has 0 N–H and O–H groups in total. The number of esters is 1. The van der Waals surface area contributed by atoms with Crippen LogP contribution in [0.5, 0.6) is 11.5 Å². The Morgan fingerprint density at radius 3 is 2.78 bits per heavy atom. The van der Waals surface area contributed by atoms with Crippen LogP contribution in [-0.4, -0.2) is 11.8 Å². The van der Waals surface area contributed by atoms with Crippen LogP contribution in [0.15, 0.2) is 52.0 Å². The third-order valence-corrected chi connectivity index (χ3v) is 4.98. The molecule has 0 saturated carbocycles. The van der Waals surface area contributed by atoms with E-state index in [-0.39, 0.29) is 23.9 Å². The topological polar surface area (TPSA) is 65.7 Å². The van der Waals surface area contributed by atoms with Gasteiger partial charge in [0.05, 0.1) is 12.0 Å². The summed E-state index contributed by atoms with van der Waals surface area (Å²) in [5.74, 6) is 1.65. The van der Waals surface area contributed by atoms with Crippen LogP contribution in [0.3, 0.4) is 0 Å². The van der Waals surface area contributed by atoms with Crippen LogP contribution in [0.25, 0.3) is 6.08 Å². The highest BCUT2D eigenvalue weighted by molar-refractivity contribution is 7.10. The van der Waals surface area contributed by atoms with Gasteiger partial charge in [-0.2, -0.15) is 0 Å². The molecule has 5 nitrogen and oxygen atoms in total. The fraction of sp³-hybridized carbons (Fsp3) is 0.143. The molecule has 3 heterocycles. The van der Waals surface area contributed by atoms with E-state index >= 15 is 0 Å². The summed E-state index contributed by atoms with van der Waals surface area (Å²) in [7, 11) is 0. The van der Waals surface area contributed by atoms with Crippen LogP contribution >= 0.6 is 11.3 Å². The highest BCUT2D eigenvalue weighted by Gasteiger charge is 2.30. The van der Waals surface area contributed by atoms with Gasteiger partial charge in [0.1, 0.15) is 23.0 Å². The Kier molecular flexibility index (Phi) is 4.41. The zero-order chi connectivity index (χ0) is 19.0. The Morgan fingerprint density at radius 2 is 2.07 bits per heavy atom. The highest BCUT2D eigenvalue weighted by Crippen LogP contribution is 2.37. The number of furan rings is 1. The Hall–Kier alpha value is -3.12. The van der Waals surface area contributed by atoms with Crippen molar-refractivity contribution >= 4 is 29.2 Å². The van der Waals surface area contributed by atoms with E-state index in [0.29, 0.717) is 28.4 Å². The average Bonchev–Trinajstić information content (AvgIpc) is 3.31. The van der Waals surface area contributed by atoms with Crippen LogP contribution in [-0.2, 0) is 11.2 Å². The number of benzene rings is 1. The summed E-state index contributed by atoms with van der Waals surface area (Å²) >= 11 is 1.50. The summed E-state index contributed by atoms with van der Waals surface area (Å²) < 4.78 is 16.6. The van der Waals surface area contributed by atoms with Gasteiger partial charge in [0.15, 0.2) is 5.76 Å². The monoisotopic (exact) mass is 380 g/mol. The number of aryl methyl sites for hydroxylation is 2. The first-order chi connectivity index (χ1) is 13.0. The summed E-state index contributed by atoms with van der Waals surface area (Å²) in [5.41, 5.74) is 1.16. The summed E-state index contributed by atoms with van der Waals surface area (Å²) in [6, 6.07) is 10.6. The Morgan fingerprint density at radius 1 is 1.22 bits per heavy atom. The molecule has 0 radical (unpaired) electrons. The molecular weight excluding hydrogens is 364 g/mol. The maximum Gasteiger partial charge on any atom is 0.316 e. The molecule has 0 spiro atoms. The van der Waals surface area contributed by atoms with Crippen LogP contribution < -0.4 is 9.47 Å². The number of carbonyl (C=O) groups is 2. The van der Waals surface area contributed by atoms with Gasteiger partial charge < -0.3 is 13.9 Å². The van der Waals surface area contributed by atoms with E-state index in [4.69, 9.17) is 13.9 Å². The van der Waals surface area contributed by atoms with Gasteiger partial charge in [-0.1, -0.05) is 6.07 Å². The fourth-order valence-corrected chi connectivity index (χ4v) is 3.61. The molecule has 3 aromatic rings. The van der Waals surface area contributed by atoms with E-state index in [2.05, 4.69) is 0 Å². The molecule has 1 aromatic carbocycles. The lowest BCUT2D eigenvalue weighted by Crippen LogP contribution is -2.10. The molecule has 0 atom stereocenters. The third-order valence-electron chi connectivity index (χ3n) is 4.11. The lowest BCUT2D eigenvalue weighted by atomic mass is 10.0. The van der Waals surface area contributed by atoms with E-state index in [0.717, 1.165) is 10.6 Å². The molecule has 2 aromatic heterocycles. The van der Waals surface area contributed by atoms with Crippen molar-refractivity contribution in [1.82, 2.24) is 0 Å². The lowest BCUT2D eigenvalue weighted by molar-refractivity contribution is -0.133. The van der Waals surface area contributed by atoms with Crippen molar-refractivity contribution in [3.63, 3.8) is 0 Å². The summed E-state index contributed by atoms with van der Waals surface area (Å²) in [4.78, 5) is 25.7. The van der Waals surface area contributed by atoms with E-state index in [9.17, 15) is 9.59 Å². The minimum atomic E-state index is -0.358. The molecule has 0 fully saturated rings. The Bertz CT molecular complexity index is 1060. The SMILES string of the molecule is Cc1ccc(/C=C2\Oc3cc(OC(=O)Cc4cccs4)cc(C)c3C2=O)o1. The van der Waals surface area contributed by atoms with Crippen LogP contribution in [0.2, 0.25) is 0 Å². The molecule has 27 heavy (non-hydrogen) atoms. The number of ketones is 1. The number of fused-ring (bicyclic) bond motifs is 1. The number of carbonyl (C=O) groups excluding carboxylic acids is 2. The maximum atomic E-state index is 12.6. The molecule has 0 amide bonds. The number of hydrogen-bond donors (Lipinski definition) is 0. The second-order valence-corrected chi connectivity index (χ2v) is 7.26. The predicted molar refractivity (Wildman–Crippen MR) is 101 cm³/mol. The number of thiophene rings is 1. The van der Waals surface area contributed by atoms with Crippen molar-refractivity contribution in [1.29, 1.82) is 0 Å². The number of rotatable bonds is 4. The van der Waals surface area contributed by atoms with E-state index in [1.165, 1.54) is 11.3 Å². The Balaban J connectivity index is 1.56. The maximum absolute atomic E-state index is 12.6. The van der Waals surface area contributed by atoms with Gasteiger partial charge in [0.25, 0.3) is 0 Å². The first-order valence-electron chi connectivity index (χ1n) is 8.38. The second-order valence-electron chi connectivity index (χ2n) is 6.23. The molecule has 0 aliphatic carbocycles. The van der Waals surface area contributed by atoms with Crippen molar-refractivity contribution in [2.75, 3.05) is 0 Å². The van der Waals surface area contributed by atoms with Gasteiger partial charge >= 0.3 is 5.97 Å². The second kappa shape index (κ2) is 6.89. The van der Waals surface area contributed by atoms with Crippen LogP contribution in [0, 0.1) is 13.8 Å². The van der Waals surface area contributed by atoms with E-state index in [1.807, 2.05) is 30.5 Å². The molecular formula is C21H16O5S. The standard InChI is InChI=1S/C21H16O5S/c1-12-8-15(25-19(22)11-16-4-3-7-27-16)10-17-20(12)21(23)18(26-17)9-14-6-5-13(2)24-14/h3-10H,11H2,1-2H3/b18-9-. The van der Waals surface area contributed by atoms with E-state index in [1.54, 1.807) is 31.2 Å². The van der Waals surface area contributed by atoms with Crippen LogP contribution in [0.4, 0.5) is 0 Å². The smallest absolute Gasteiger partial charge is 0.316 e. The van der Waals surface area contributed by atoms with Crippen molar-refractivity contribution in [2.24, 2.45) is 0 Å². The van der Waals surface area contributed by atoms with Crippen molar-refractivity contribution < 1.29 is 23.5 Å². The zero-order valence-corrected chi connectivity index (χ0v) is 15.6. The van der Waals surface area contributed by atoms with Crippen molar-refractivity contribution in [3.8, 4) is 11.5 Å². The van der Waals surface area contributed by atoms with Crippen molar-refractivity contribution in [2.45, 2.75) is 20.3 Å². The third kappa shape index (κ3) is 3.57. The van der Waals surface area contributed by atoms with Gasteiger partial charge in [0, 0.05) is 17.0 Å². The van der Waals surface area contributed by atoms with Crippen molar-refractivity contribution in [3.05, 3.63) is 75.1 Å². The molecule has 136 valence electrons. The quantitative estimate of drug-likeness (QED) is 0.372. The average molecular weight is 380 g/mol. The van der Waals surface area contributed by atoms with Gasteiger partial charge in [-0.3, -0.25) is 9.59 Å². The molecule has 4 rings (SSSR count). The highest BCUT2D eigenvalue weighted by atomic mass is 32.1. The fourth-order valence-electron chi connectivity index (χ4n) is 2.92. The number of allylic oxidation sites excluding steroid dienone is 1. The molecule has 0 bridgehead atoms. The minimum absolute atomic E-state index is 0.185. The molecule has 0 saturated heterocycles. The number of ether oxygens (including phenoxy) is 2.